The molecule has 3 rings (SSSR count). The van der Waals surface area contributed by atoms with Crippen molar-refractivity contribution in [2.45, 2.75) is 20.3 Å². The molecule has 1 aliphatic heterocycles. The van der Waals surface area contributed by atoms with Crippen LogP contribution in [0.4, 0.5) is 15.8 Å². The van der Waals surface area contributed by atoms with E-state index in [1.165, 1.54) is 12.1 Å². The Hall–Kier alpha value is -2.40. The van der Waals surface area contributed by atoms with Gasteiger partial charge in [0.15, 0.2) is 0 Å². The third-order valence-corrected chi connectivity index (χ3v) is 4.89. The molecule has 2 aromatic carbocycles. The first-order chi connectivity index (χ1) is 12.5. The molecule has 5 heteroatoms. The van der Waals surface area contributed by atoms with E-state index in [1.54, 1.807) is 0 Å². The highest BCUT2D eigenvalue weighted by atomic mass is 19.1. The van der Waals surface area contributed by atoms with Gasteiger partial charge in [0, 0.05) is 50.5 Å². The molecule has 0 atom stereocenters. The van der Waals surface area contributed by atoms with Crippen LogP contribution in [0.25, 0.3) is 0 Å². The third-order valence-electron chi connectivity index (χ3n) is 4.89. The van der Waals surface area contributed by atoms with Crippen molar-refractivity contribution >= 4 is 17.3 Å². The molecule has 1 heterocycles. The minimum absolute atomic E-state index is 0.0552. The topological polar surface area (TPSA) is 35.6 Å². The maximum Gasteiger partial charge on any atom is 0.225 e. The van der Waals surface area contributed by atoms with Crippen molar-refractivity contribution in [1.29, 1.82) is 0 Å². The van der Waals surface area contributed by atoms with Crippen LogP contribution in [0.15, 0.2) is 42.5 Å². The molecule has 2 aromatic rings. The zero-order valence-corrected chi connectivity index (χ0v) is 15.5. The van der Waals surface area contributed by atoms with Gasteiger partial charge in [-0.15, -0.1) is 0 Å². The number of benzene rings is 2. The first-order valence-electron chi connectivity index (χ1n) is 9.11. The molecule has 0 radical (unpaired) electrons. The van der Waals surface area contributed by atoms with Crippen LogP contribution in [-0.4, -0.2) is 43.5 Å². The second kappa shape index (κ2) is 8.32. The third kappa shape index (κ3) is 4.82. The Morgan fingerprint density at radius 2 is 1.73 bits per heavy atom. The van der Waals surface area contributed by atoms with E-state index in [-0.39, 0.29) is 11.7 Å². The van der Waals surface area contributed by atoms with Gasteiger partial charge in [-0.2, -0.15) is 0 Å². The highest BCUT2D eigenvalue weighted by molar-refractivity contribution is 5.91. The maximum atomic E-state index is 13.0. The van der Waals surface area contributed by atoms with E-state index in [1.807, 2.05) is 44.2 Å². The number of piperazine rings is 1. The Morgan fingerprint density at radius 1 is 1.04 bits per heavy atom. The van der Waals surface area contributed by atoms with Gasteiger partial charge in [-0.1, -0.05) is 12.1 Å². The summed E-state index contributed by atoms with van der Waals surface area (Å²) in [5.74, 6) is -0.151. The Balaban J connectivity index is 1.44. The second-order valence-corrected chi connectivity index (χ2v) is 6.92. The SMILES string of the molecule is Cc1ccc(C)c(NC(=O)CCN2CCN(c3ccc(F)cc3)CC2)c1. The van der Waals surface area contributed by atoms with Crippen LogP contribution in [0.2, 0.25) is 0 Å². The van der Waals surface area contributed by atoms with Crippen LogP contribution in [0.5, 0.6) is 0 Å². The van der Waals surface area contributed by atoms with Gasteiger partial charge in [0.1, 0.15) is 5.82 Å². The first kappa shape index (κ1) is 18.4. The van der Waals surface area contributed by atoms with Crippen LogP contribution >= 0.6 is 0 Å². The second-order valence-electron chi connectivity index (χ2n) is 6.92. The van der Waals surface area contributed by atoms with Crippen LogP contribution in [0.1, 0.15) is 17.5 Å². The normalized spacial score (nSPS) is 15.1. The van der Waals surface area contributed by atoms with Crippen LogP contribution in [0.3, 0.4) is 0 Å². The summed E-state index contributed by atoms with van der Waals surface area (Å²) in [6, 6.07) is 12.7. The summed E-state index contributed by atoms with van der Waals surface area (Å²) in [4.78, 5) is 16.8. The minimum atomic E-state index is -0.206. The predicted molar refractivity (Wildman–Crippen MR) is 104 cm³/mol. The fourth-order valence-corrected chi connectivity index (χ4v) is 3.22. The summed E-state index contributed by atoms with van der Waals surface area (Å²) in [6.45, 7) is 8.39. The Labute approximate surface area is 154 Å². The summed E-state index contributed by atoms with van der Waals surface area (Å²) in [6.07, 6.45) is 0.490. The van der Waals surface area contributed by atoms with E-state index in [0.717, 1.165) is 55.2 Å². The number of halogens is 1. The number of carbonyl (C=O) groups is 1. The number of nitrogens with one attached hydrogen (secondary N) is 1. The lowest BCUT2D eigenvalue weighted by atomic mass is 10.1. The van der Waals surface area contributed by atoms with Crippen LogP contribution < -0.4 is 10.2 Å². The van der Waals surface area contributed by atoms with Gasteiger partial charge in [0.2, 0.25) is 5.91 Å². The van der Waals surface area contributed by atoms with E-state index in [4.69, 9.17) is 0 Å². The van der Waals surface area contributed by atoms with E-state index in [9.17, 15) is 9.18 Å². The van der Waals surface area contributed by atoms with Crippen molar-refractivity contribution < 1.29 is 9.18 Å². The molecular formula is C21H26FN3O. The lowest BCUT2D eigenvalue weighted by molar-refractivity contribution is -0.116. The summed E-state index contributed by atoms with van der Waals surface area (Å²) in [7, 11) is 0. The largest absolute Gasteiger partial charge is 0.369 e. The average Bonchev–Trinajstić information content (AvgIpc) is 2.64. The zero-order chi connectivity index (χ0) is 18.5. The first-order valence-corrected chi connectivity index (χ1v) is 9.11. The molecule has 0 bridgehead atoms. The molecule has 0 saturated carbocycles. The molecule has 0 spiro atoms. The number of nitrogens with zero attached hydrogens (tertiary/aromatic N) is 2. The lowest BCUT2D eigenvalue weighted by Crippen LogP contribution is -2.47. The number of rotatable bonds is 5. The van der Waals surface area contributed by atoms with Crippen molar-refractivity contribution in [2.75, 3.05) is 42.9 Å². The molecule has 1 amide bonds. The van der Waals surface area contributed by atoms with Crippen LogP contribution in [0, 0.1) is 19.7 Å². The fourth-order valence-electron chi connectivity index (χ4n) is 3.22. The van der Waals surface area contributed by atoms with E-state index in [0.29, 0.717) is 6.42 Å². The lowest BCUT2D eigenvalue weighted by Gasteiger charge is -2.36. The number of aryl methyl sites for hydroxylation is 2. The monoisotopic (exact) mass is 355 g/mol. The Kier molecular flexibility index (Phi) is 5.89. The van der Waals surface area contributed by atoms with Crippen molar-refractivity contribution in [3.8, 4) is 0 Å². The average molecular weight is 355 g/mol. The predicted octanol–water partition coefficient (Wildman–Crippen LogP) is 3.59. The summed E-state index contributed by atoms with van der Waals surface area (Å²) >= 11 is 0. The smallest absolute Gasteiger partial charge is 0.225 e. The number of amides is 1. The molecule has 1 fully saturated rings. The maximum absolute atomic E-state index is 13.0. The van der Waals surface area contributed by atoms with Crippen molar-refractivity contribution in [2.24, 2.45) is 0 Å². The fraction of sp³-hybridized carbons (Fsp3) is 0.381. The molecule has 1 N–H and O–H groups in total. The molecular weight excluding hydrogens is 329 g/mol. The summed E-state index contributed by atoms with van der Waals surface area (Å²) in [5.41, 5.74) is 4.18. The molecule has 138 valence electrons. The number of hydrogen-bond acceptors (Lipinski definition) is 3. The van der Waals surface area contributed by atoms with Gasteiger partial charge in [0.25, 0.3) is 0 Å². The Bertz CT molecular complexity index is 752. The molecule has 1 aliphatic rings. The van der Waals surface area contributed by atoms with Crippen molar-refractivity contribution in [3.05, 3.63) is 59.4 Å². The van der Waals surface area contributed by atoms with Crippen molar-refractivity contribution in [3.63, 3.8) is 0 Å². The quantitative estimate of drug-likeness (QED) is 0.890. The molecule has 1 saturated heterocycles. The van der Waals surface area contributed by atoms with Gasteiger partial charge >= 0.3 is 0 Å². The molecule has 26 heavy (non-hydrogen) atoms. The van der Waals surface area contributed by atoms with E-state index in [2.05, 4.69) is 15.1 Å². The van der Waals surface area contributed by atoms with Gasteiger partial charge in [-0.3, -0.25) is 9.69 Å². The van der Waals surface area contributed by atoms with Crippen LogP contribution in [-0.2, 0) is 4.79 Å². The highest BCUT2D eigenvalue weighted by Gasteiger charge is 2.18. The number of hydrogen-bond donors (Lipinski definition) is 1. The zero-order valence-electron chi connectivity index (χ0n) is 15.5. The number of carbonyl (C=O) groups excluding carboxylic acids is 1. The minimum Gasteiger partial charge on any atom is -0.369 e. The Morgan fingerprint density at radius 3 is 2.42 bits per heavy atom. The molecule has 4 nitrogen and oxygen atoms in total. The van der Waals surface area contributed by atoms with Crippen molar-refractivity contribution in [1.82, 2.24) is 4.90 Å². The van der Waals surface area contributed by atoms with Gasteiger partial charge in [-0.05, 0) is 55.3 Å². The van der Waals surface area contributed by atoms with E-state index < -0.39 is 0 Å². The van der Waals surface area contributed by atoms with Gasteiger partial charge in [0.05, 0.1) is 0 Å². The molecule has 0 aliphatic carbocycles. The molecule has 0 aromatic heterocycles. The summed E-state index contributed by atoms with van der Waals surface area (Å²) in [5, 5.41) is 3.02. The standard InChI is InChI=1S/C21H26FN3O/c1-16-3-4-17(2)20(15-16)23-21(26)9-10-24-11-13-25(14-12-24)19-7-5-18(22)6-8-19/h3-8,15H,9-14H2,1-2H3,(H,23,26). The highest BCUT2D eigenvalue weighted by Crippen LogP contribution is 2.18. The van der Waals surface area contributed by atoms with Gasteiger partial charge in [-0.25, -0.2) is 4.39 Å². The van der Waals surface area contributed by atoms with Gasteiger partial charge < -0.3 is 10.2 Å². The summed E-state index contributed by atoms with van der Waals surface area (Å²) < 4.78 is 13.0. The van der Waals surface area contributed by atoms with E-state index >= 15 is 0 Å². The number of anilines is 2. The molecule has 0 unspecified atom stereocenters.